The van der Waals surface area contributed by atoms with Crippen molar-refractivity contribution in [2.75, 3.05) is 0 Å². The third-order valence-electron chi connectivity index (χ3n) is 5.80. The van der Waals surface area contributed by atoms with Gasteiger partial charge in [-0.3, -0.25) is 0 Å². The van der Waals surface area contributed by atoms with E-state index in [0.717, 1.165) is 0 Å². The van der Waals surface area contributed by atoms with Crippen LogP contribution < -0.4 is 0 Å². The van der Waals surface area contributed by atoms with E-state index in [1.165, 1.54) is 74.3 Å². The minimum atomic E-state index is 1.18. The first-order chi connectivity index (χ1) is 13.3. The number of aryl methyl sites for hydroxylation is 1. The molecule has 5 aromatic carbocycles. The van der Waals surface area contributed by atoms with Crippen LogP contribution in [0, 0.1) is 0 Å². The second-order valence-electron chi connectivity index (χ2n) is 7.69. The van der Waals surface area contributed by atoms with Crippen LogP contribution in [0.25, 0.3) is 43.1 Å². The van der Waals surface area contributed by atoms with Crippen LogP contribution in [0.3, 0.4) is 0 Å². The van der Waals surface area contributed by atoms with Gasteiger partial charge in [-0.15, -0.1) is 0 Å². The summed E-state index contributed by atoms with van der Waals surface area (Å²) in [5.74, 6) is 0. The lowest BCUT2D eigenvalue weighted by atomic mass is 9.94. The van der Waals surface area contributed by atoms with Crippen molar-refractivity contribution in [3.8, 4) is 0 Å². The van der Waals surface area contributed by atoms with Crippen molar-refractivity contribution in [1.29, 1.82) is 0 Å². The quantitative estimate of drug-likeness (QED) is 0.228. The first-order valence-corrected chi connectivity index (χ1v) is 10.1. The minimum Gasteiger partial charge on any atom is -0.0654 e. The normalized spacial score (nSPS) is 11.7. The summed E-state index contributed by atoms with van der Waals surface area (Å²) in [7, 11) is 0. The van der Waals surface area contributed by atoms with Gasteiger partial charge in [-0.25, -0.2) is 0 Å². The van der Waals surface area contributed by atoms with Gasteiger partial charge < -0.3 is 0 Å². The van der Waals surface area contributed by atoms with Gasteiger partial charge in [0.2, 0.25) is 0 Å². The van der Waals surface area contributed by atoms with Crippen molar-refractivity contribution in [2.45, 2.75) is 32.6 Å². The molecule has 0 saturated heterocycles. The molecule has 0 N–H and O–H groups in total. The molecule has 0 nitrogen and oxygen atoms in total. The van der Waals surface area contributed by atoms with Crippen LogP contribution >= 0.6 is 0 Å². The summed E-state index contributed by atoms with van der Waals surface area (Å²) in [5, 5.41) is 10.7. The Morgan fingerprint density at radius 2 is 1.07 bits per heavy atom. The summed E-state index contributed by atoms with van der Waals surface area (Å²) in [4.78, 5) is 0. The lowest BCUT2D eigenvalue weighted by Gasteiger charge is -2.10. The van der Waals surface area contributed by atoms with Gasteiger partial charge in [0.05, 0.1) is 0 Å². The number of unbranched alkanes of at least 4 members (excludes halogenated alkanes) is 2. The van der Waals surface area contributed by atoms with Crippen molar-refractivity contribution in [1.82, 2.24) is 0 Å². The Hall–Kier alpha value is -2.86. The number of benzene rings is 5. The lowest BCUT2D eigenvalue weighted by molar-refractivity contribution is 0.720. The van der Waals surface area contributed by atoms with Gasteiger partial charge in [-0.2, -0.15) is 0 Å². The molecule has 5 rings (SSSR count). The second-order valence-corrected chi connectivity index (χ2v) is 7.69. The van der Waals surface area contributed by atoms with Crippen LogP contribution in [0.5, 0.6) is 0 Å². The molecule has 0 bridgehead atoms. The van der Waals surface area contributed by atoms with Crippen molar-refractivity contribution < 1.29 is 0 Å². The molecule has 0 aliphatic heterocycles. The Bertz CT molecular complexity index is 1280. The van der Waals surface area contributed by atoms with Crippen molar-refractivity contribution in [3.63, 3.8) is 0 Å². The smallest absolute Gasteiger partial charge is 0.0146 e. The lowest BCUT2D eigenvalue weighted by Crippen LogP contribution is -1.88. The molecule has 0 radical (unpaired) electrons. The fourth-order valence-corrected chi connectivity index (χ4v) is 4.32. The summed E-state index contributed by atoms with van der Waals surface area (Å²) in [6.07, 6.45) is 5.03. The van der Waals surface area contributed by atoms with Gasteiger partial charge in [-0.05, 0) is 97.9 Å². The predicted molar refractivity (Wildman–Crippen MR) is 120 cm³/mol. The molecular formula is C27H24. The van der Waals surface area contributed by atoms with E-state index in [1.807, 2.05) is 0 Å². The van der Waals surface area contributed by atoms with Crippen LogP contribution in [0.15, 0.2) is 78.9 Å². The van der Waals surface area contributed by atoms with Crippen LogP contribution in [0.2, 0.25) is 0 Å². The Labute approximate surface area is 160 Å². The molecule has 0 aliphatic rings. The maximum absolute atomic E-state index is 2.40. The van der Waals surface area contributed by atoms with Gasteiger partial charge in [0.15, 0.2) is 0 Å². The van der Waals surface area contributed by atoms with E-state index in [0.29, 0.717) is 0 Å². The molecule has 0 atom stereocenters. The average molecular weight is 348 g/mol. The molecule has 0 unspecified atom stereocenters. The van der Waals surface area contributed by atoms with E-state index < -0.39 is 0 Å². The molecule has 5 aromatic rings. The van der Waals surface area contributed by atoms with Gasteiger partial charge in [-0.1, -0.05) is 62.2 Å². The van der Waals surface area contributed by atoms with E-state index >= 15 is 0 Å². The van der Waals surface area contributed by atoms with Gasteiger partial charge >= 0.3 is 0 Å². The third-order valence-corrected chi connectivity index (χ3v) is 5.80. The first-order valence-electron chi connectivity index (χ1n) is 10.1. The molecule has 0 saturated carbocycles. The Morgan fingerprint density at radius 1 is 0.519 bits per heavy atom. The second kappa shape index (κ2) is 6.70. The largest absolute Gasteiger partial charge is 0.0654 e. The highest BCUT2D eigenvalue weighted by Gasteiger charge is 2.06. The zero-order valence-corrected chi connectivity index (χ0v) is 15.8. The summed E-state index contributed by atoms with van der Waals surface area (Å²) < 4.78 is 0. The van der Waals surface area contributed by atoms with E-state index in [1.54, 1.807) is 0 Å². The Kier molecular flexibility index (Phi) is 4.05. The maximum Gasteiger partial charge on any atom is -0.0146 e. The van der Waals surface area contributed by atoms with Crippen LogP contribution in [-0.4, -0.2) is 0 Å². The first kappa shape index (κ1) is 16.3. The number of hydrogen-bond acceptors (Lipinski definition) is 0. The fourth-order valence-electron chi connectivity index (χ4n) is 4.32. The van der Waals surface area contributed by atoms with Crippen LogP contribution in [0.1, 0.15) is 31.7 Å². The minimum absolute atomic E-state index is 1.18. The Balaban J connectivity index is 1.72. The number of fused-ring (bicyclic) bond motifs is 4. The van der Waals surface area contributed by atoms with Crippen LogP contribution in [0.4, 0.5) is 0 Å². The summed E-state index contributed by atoms with van der Waals surface area (Å²) in [6, 6.07) is 29.5. The highest BCUT2D eigenvalue weighted by Crippen LogP contribution is 2.31. The summed E-state index contributed by atoms with van der Waals surface area (Å²) in [6.45, 7) is 2.27. The summed E-state index contributed by atoms with van der Waals surface area (Å²) in [5.41, 5.74) is 1.49. The van der Waals surface area contributed by atoms with E-state index in [4.69, 9.17) is 0 Å². The third kappa shape index (κ3) is 2.96. The molecule has 27 heavy (non-hydrogen) atoms. The van der Waals surface area contributed by atoms with Crippen molar-refractivity contribution >= 4 is 43.1 Å². The average Bonchev–Trinajstić information content (AvgIpc) is 2.69. The molecule has 0 fully saturated rings. The fraction of sp³-hybridized carbons (Fsp3) is 0.185. The molecule has 132 valence electrons. The number of hydrogen-bond donors (Lipinski definition) is 0. The molecule has 0 aliphatic carbocycles. The van der Waals surface area contributed by atoms with Crippen LogP contribution in [-0.2, 0) is 6.42 Å². The van der Waals surface area contributed by atoms with Gasteiger partial charge in [0.25, 0.3) is 0 Å². The molecule has 0 spiro atoms. The zero-order valence-electron chi connectivity index (χ0n) is 15.8. The molecule has 0 amide bonds. The van der Waals surface area contributed by atoms with Gasteiger partial charge in [0.1, 0.15) is 0 Å². The highest BCUT2D eigenvalue weighted by atomic mass is 14.1. The monoisotopic (exact) mass is 348 g/mol. The topological polar surface area (TPSA) is 0 Å². The predicted octanol–water partition coefficient (Wildman–Crippen LogP) is 8.03. The van der Waals surface area contributed by atoms with E-state index in [9.17, 15) is 0 Å². The molecule has 0 heteroatoms. The Morgan fingerprint density at radius 3 is 1.74 bits per heavy atom. The van der Waals surface area contributed by atoms with Crippen molar-refractivity contribution in [3.05, 3.63) is 84.4 Å². The highest BCUT2D eigenvalue weighted by molar-refractivity contribution is 6.08. The maximum atomic E-state index is 2.40. The summed E-state index contributed by atoms with van der Waals surface area (Å²) >= 11 is 0. The standard InChI is InChI=1S/C27H24/c1-2-3-4-8-19-11-7-12-22-15-25-16-23-13-20-9-5-6-10-21(20)14-24(23)17-26(25)18-27(19)22/h5-7,9-18H,2-4,8H2,1H3. The zero-order chi connectivity index (χ0) is 18.2. The van der Waals surface area contributed by atoms with E-state index in [-0.39, 0.29) is 0 Å². The molecule has 0 aromatic heterocycles. The van der Waals surface area contributed by atoms with Crippen molar-refractivity contribution in [2.24, 2.45) is 0 Å². The van der Waals surface area contributed by atoms with E-state index in [2.05, 4.69) is 85.8 Å². The molecular weight excluding hydrogens is 324 g/mol. The molecule has 0 heterocycles. The van der Waals surface area contributed by atoms with Gasteiger partial charge in [0, 0.05) is 0 Å². The SMILES string of the molecule is CCCCCc1cccc2cc3cc4cc5ccccc5cc4cc3cc12. The number of rotatable bonds is 4.